The molecule has 1 spiro atoms. The molecule has 5 heterocycles. The van der Waals surface area contributed by atoms with Gasteiger partial charge in [0.2, 0.25) is 0 Å². The molecule has 4 fully saturated rings. The van der Waals surface area contributed by atoms with Gasteiger partial charge in [-0.25, -0.2) is 18.5 Å². The van der Waals surface area contributed by atoms with Crippen molar-refractivity contribution in [1.82, 2.24) is 25.1 Å². The molecule has 0 unspecified atom stereocenters. The smallest absolute Gasteiger partial charge is 0.327 e. The van der Waals surface area contributed by atoms with Crippen molar-refractivity contribution >= 4 is 50.6 Å². The van der Waals surface area contributed by atoms with Crippen molar-refractivity contribution in [3.63, 3.8) is 0 Å². The molecule has 4 aliphatic rings. The average Bonchev–Trinajstić information content (AvgIpc) is 3.55. The van der Waals surface area contributed by atoms with Crippen molar-refractivity contribution in [2.24, 2.45) is 5.41 Å². The summed E-state index contributed by atoms with van der Waals surface area (Å²) in [5.41, 5.74) is -2.47. The minimum absolute atomic E-state index is 0.0415. The lowest BCUT2D eigenvalue weighted by molar-refractivity contribution is -0.158. The van der Waals surface area contributed by atoms with Crippen LogP contribution in [0.15, 0.2) is 16.6 Å². The van der Waals surface area contributed by atoms with Crippen molar-refractivity contribution in [2.45, 2.75) is 70.1 Å². The molecule has 1 N–H and O–H groups in total. The molecule has 232 valence electrons. The van der Waals surface area contributed by atoms with Gasteiger partial charge in [-0.15, -0.1) is 0 Å². The fourth-order valence-corrected chi connectivity index (χ4v) is 7.02. The lowest BCUT2D eigenvalue weighted by atomic mass is 9.89. The van der Waals surface area contributed by atoms with Crippen LogP contribution in [0.5, 0.6) is 6.01 Å². The molecule has 11 nitrogen and oxygen atoms in total. The number of esters is 1. The second-order valence-corrected chi connectivity index (χ2v) is 13.9. The minimum Gasteiger partial charge on any atom is -0.461 e. The Kier molecular flexibility index (Phi) is 7.51. The fourth-order valence-electron chi connectivity index (χ4n) is 6.70. The number of nitrogens with one attached hydrogen (secondary N) is 1. The van der Waals surface area contributed by atoms with Gasteiger partial charge >= 0.3 is 18.0 Å². The van der Waals surface area contributed by atoms with Crippen LogP contribution in [0.3, 0.4) is 0 Å². The Morgan fingerprint density at radius 1 is 1.19 bits per heavy atom. The maximum Gasteiger partial charge on any atom is 0.327 e. The van der Waals surface area contributed by atoms with Crippen LogP contribution in [0.25, 0.3) is 10.9 Å². The first-order valence-electron chi connectivity index (χ1n) is 14.6. The summed E-state index contributed by atoms with van der Waals surface area (Å²) in [4.78, 5) is 52.7. The number of halogens is 3. The van der Waals surface area contributed by atoms with Gasteiger partial charge in [-0.2, -0.15) is 9.97 Å². The third kappa shape index (κ3) is 5.30. The van der Waals surface area contributed by atoms with Gasteiger partial charge in [0.1, 0.15) is 29.7 Å². The van der Waals surface area contributed by atoms with Crippen LogP contribution < -0.4 is 15.0 Å². The van der Waals surface area contributed by atoms with Gasteiger partial charge in [0.25, 0.3) is 5.91 Å². The number of ether oxygens (including phenoxy) is 2. The van der Waals surface area contributed by atoms with Gasteiger partial charge in [-0.3, -0.25) is 14.5 Å². The number of carbonyl (C=O) groups excluding carboxylic acids is 3. The Balaban J connectivity index is 1.28. The highest BCUT2D eigenvalue weighted by Crippen LogP contribution is 2.41. The van der Waals surface area contributed by atoms with E-state index >= 15 is 4.39 Å². The maximum atomic E-state index is 15.4. The number of benzene rings is 1. The van der Waals surface area contributed by atoms with Gasteiger partial charge in [-0.1, -0.05) is 0 Å². The van der Waals surface area contributed by atoms with Crippen molar-refractivity contribution in [2.75, 3.05) is 44.4 Å². The zero-order chi connectivity index (χ0) is 30.7. The lowest BCUT2D eigenvalue weighted by Crippen LogP contribution is -2.59. The normalized spacial score (nSPS) is 27.7. The molecule has 43 heavy (non-hydrogen) atoms. The summed E-state index contributed by atoms with van der Waals surface area (Å²) in [6.07, 6.45) is 2.08. The summed E-state index contributed by atoms with van der Waals surface area (Å²) in [6, 6.07) is 2.56. The monoisotopic (exact) mass is 664 g/mol. The van der Waals surface area contributed by atoms with Crippen LogP contribution in [0.2, 0.25) is 0 Å². The molecule has 1 aromatic carbocycles. The molecular formula is C29H35BrF2N6O5. The second-order valence-electron chi connectivity index (χ2n) is 13.0. The number of anilines is 1. The standard InChI is InChI=1S/C29H35BrF2N6O5/c1-27(2,3)24(40)43-16-38-23(39)29(35-26(38)41)9-5-10-36(14-29)22-18-6-7-19(30)20(32)21(18)33-25(34-22)42-15-28-8-4-11-37(28)13-17(31)12-28/h6-7,17H,4-5,8-16H2,1-3H3,(H,35,41)/t17-,28+,29-/m1/s1. The number of amides is 3. The summed E-state index contributed by atoms with van der Waals surface area (Å²) in [6.45, 7) is 6.45. The van der Waals surface area contributed by atoms with Crippen molar-refractivity contribution in [3.05, 3.63) is 22.4 Å². The lowest BCUT2D eigenvalue weighted by Gasteiger charge is -2.39. The van der Waals surface area contributed by atoms with E-state index in [0.717, 1.165) is 24.3 Å². The number of aromatic nitrogens is 2. The maximum absolute atomic E-state index is 15.4. The van der Waals surface area contributed by atoms with E-state index in [1.165, 1.54) is 0 Å². The SMILES string of the molecule is CC(C)(C)C(=O)OCN1C(=O)N[C@@]2(CCCN(c3nc(OC[C@@]45CCCN4C[C@H](F)C5)nc4c(F)c(Br)ccc34)C2)C1=O. The molecule has 3 atom stereocenters. The third-order valence-corrected chi connectivity index (χ3v) is 9.54. The largest absolute Gasteiger partial charge is 0.461 e. The summed E-state index contributed by atoms with van der Waals surface area (Å²) in [5, 5.41) is 3.23. The molecule has 4 saturated heterocycles. The van der Waals surface area contributed by atoms with E-state index < -0.39 is 53.1 Å². The predicted octanol–water partition coefficient (Wildman–Crippen LogP) is 3.92. The predicted molar refractivity (Wildman–Crippen MR) is 156 cm³/mol. The molecule has 4 aliphatic heterocycles. The molecular weight excluding hydrogens is 630 g/mol. The second kappa shape index (κ2) is 10.8. The van der Waals surface area contributed by atoms with E-state index in [-0.39, 0.29) is 29.2 Å². The number of fused-ring (bicyclic) bond motifs is 2. The first-order chi connectivity index (χ1) is 20.3. The van der Waals surface area contributed by atoms with Gasteiger partial charge < -0.3 is 19.7 Å². The quantitative estimate of drug-likeness (QED) is 0.362. The van der Waals surface area contributed by atoms with Crippen molar-refractivity contribution in [1.29, 1.82) is 0 Å². The topological polar surface area (TPSA) is 117 Å². The highest BCUT2D eigenvalue weighted by atomic mass is 79.9. The highest BCUT2D eigenvalue weighted by Gasteiger charge is 2.54. The van der Waals surface area contributed by atoms with Crippen LogP contribution in [0.1, 0.15) is 52.9 Å². The third-order valence-electron chi connectivity index (χ3n) is 8.92. The number of carbonyl (C=O) groups is 3. The molecule has 14 heteroatoms. The summed E-state index contributed by atoms with van der Waals surface area (Å²) in [5.74, 6) is -1.26. The van der Waals surface area contributed by atoms with Crippen molar-refractivity contribution < 1.29 is 32.6 Å². The first-order valence-corrected chi connectivity index (χ1v) is 15.4. The van der Waals surface area contributed by atoms with E-state index in [9.17, 15) is 18.8 Å². The van der Waals surface area contributed by atoms with E-state index in [1.807, 2.05) is 4.90 Å². The zero-order valence-corrected chi connectivity index (χ0v) is 26.0. The first kappa shape index (κ1) is 29.9. The van der Waals surface area contributed by atoms with Gasteiger partial charge in [-0.05, 0) is 81.1 Å². The van der Waals surface area contributed by atoms with E-state index in [1.54, 1.807) is 32.9 Å². The molecule has 6 rings (SSSR count). The van der Waals surface area contributed by atoms with E-state index in [2.05, 4.69) is 36.1 Å². The highest BCUT2D eigenvalue weighted by molar-refractivity contribution is 9.10. The Bertz CT molecular complexity index is 1490. The van der Waals surface area contributed by atoms with Crippen LogP contribution in [-0.2, 0) is 14.3 Å². The molecule has 3 amide bonds. The fraction of sp³-hybridized carbons (Fsp3) is 0.621. The van der Waals surface area contributed by atoms with Gasteiger partial charge in [0.15, 0.2) is 12.5 Å². The van der Waals surface area contributed by atoms with Crippen LogP contribution in [-0.4, -0.2) is 94.4 Å². The number of alkyl halides is 1. The number of urea groups is 1. The molecule has 0 radical (unpaired) electrons. The Hall–Kier alpha value is -3.13. The summed E-state index contributed by atoms with van der Waals surface area (Å²) >= 11 is 3.23. The van der Waals surface area contributed by atoms with E-state index in [4.69, 9.17) is 9.47 Å². The molecule has 2 aromatic rings. The zero-order valence-electron chi connectivity index (χ0n) is 24.4. The van der Waals surface area contributed by atoms with Gasteiger partial charge in [0, 0.05) is 24.9 Å². The minimum atomic E-state index is -1.28. The van der Waals surface area contributed by atoms with E-state index in [0.29, 0.717) is 43.6 Å². The summed E-state index contributed by atoms with van der Waals surface area (Å²) in [7, 11) is 0. The number of imide groups is 1. The average molecular weight is 666 g/mol. The molecule has 0 aliphatic carbocycles. The summed E-state index contributed by atoms with van der Waals surface area (Å²) < 4.78 is 41.3. The van der Waals surface area contributed by atoms with Gasteiger partial charge in [0.05, 0.1) is 22.0 Å². The number of nitrogens with zero attached hydrogens (tertiary/aromatic N) is 5. The number of hydrogen-bond acceptors (Lipinski definition) is 9. The number of hydrogen-bond donors (Lipinski definition) is 1. The van der Waals surface area contributed by atoms with Crippen molar-refractivity contribution in [3.8, 4) is 6.01 Å². The molecule has 0 saturated carbocycles. The molecule has 0 bridgehead atoms. The van der Waals surface area contributed by atoms with Crippen LogP contribution in [0, 0.1) is 11.2 Å². The Morgan fingerprint density at radius 2 is 1.95 bits per heavy atom. The Labute approximate surface area is 256 Å². The number of piperidine rings is 1. The number of rotatable bonds is 6. The molecule has 1 aromatic heterocycles. The van der Waals surface area contributed by atoms with Crippen LogP contribution in [0.4, 0.5) is 19.4 Å². The van der Waals surface area contributed by atoms with Crippen LogP contribution >= 0.6 is 15.9 Å². The Morgan fingerprint density at radius 3 is 2.72 bits per heavy atom.